The zero-order valence-electron chi connectivity index (χ0n) is 9.08. The molecule has 1 atom stereocenters. The Morgan fingerprint density at radius 3 is 2.67 bits per heavy atom. The largest absolute Gasteiger partial charge is 0.380 e. The number of rotatable bonds is 7. The highest BCUT2D eigenvalue weighted by atomic mass is 35.5. The Morgan fingerprint density at radius 1 is 1.33 bits per heavy atom. The molecule has 1 unspecified atom stereocenters. The summed E-state index contributed by atoms with van der Waals surface area (Å²) in [6.07, 6.45) is 0. The summed E-state index contributed by atoms with van der Waals surface area (Å²) in [6, 6.07) is 10.4. The lowest BCUT2D eigenvalue weighted by Crippen LogP contribution is -2.26. The molecule has 0 heterocycles. The van der Waals surface area contributed by atoms with Crippen molar-refractivity contribution in [2.75, 3.05) is 25.6 Å². The van der Waals surface area contributed by atoms with Crippen molar-refractivity contribution in [3.8, 4) is 0 Å². The minimum atomic E-state index is 0.216. The number of ether oxygens (including phenoxy) is 1. The van der Waals surface area contributed by atoms with E-state index in [-0.39, 0.29) is 6.04 Å². The Balaban J connectivity index is 2.36. The molecule has 0 aliphatic rings. The summed E-state index contributed by atoms with van der Waals surface area (Å²) < 4.78 is 5.26. The van der Waals surface area contributed by atoms with Crippen LogP contribution in [0.5, 0.6) is 0 Å². The van der Waals surface area contributed by atoms with Gasteiger partial charge in [0.1, 0.15) is 0 Å². The van der Waals surface area contributed by atoms with Crippen LogP contribution in [0.25, 0.3) is 0 Å². The predicted octanol–water partition coefficient (Wildman–Crippen LogP) is 2.59. The van der Waals surface area contributed by atoms with Gasteiger partial charge in [-0.2, -0.15) is 0 Å². The van der Waals surface area contributed by atoms with E-state index in [9.17, 15) is 0 Å². The molecule has 15 heavy (non-hydrogen) atoms. The minimum absolute atomic E-state index is 0.216. The van der Waals surface area contributed by atoms with Gasteiger partial charge in [-0.1, -0.05) is 30.3 Å². The fourth-order valence-corrected chi connectivity index (χ4v) is 1.68. The highest BCUT2D eigenvalue weighted by Crippen LogP contribution is 2.13. The maximum absolute atomic E-state index is 5.91. The van der Waals surface area contributed by atoms with Gasteiger partial charge >= 0.3 is 0 Å². The van der Waals surface area contributed by atoms with E-state index in [4.69, 9.17) is 16.3 Å². The summed E-state index contributed by atoms with van der Waals surface area (Å²) in [5.41, 5.74) is 1.23. The molecule has 0 spiro atoms. The lowest BCUT2D eigenvalue weighted by atomic mass is 10.1. The molecule has 0 aliphatic carbocycles. The fourth-order valence-electron chi connectivity index (χ4n) is 1.40. The maximum Gasteiger partial charge on any atom is 0.0590 e. The maximum atomic E-state index is 5.91. The first kappa shape index (κ1) is 12.5. The highest BCUT2D eigenvalue weighted by molar-refractivity contribution is 6.18. The van der Waals surface area contributed by atoms with Crippen molar-refractivity contribution in [3.05, 3.63) is 35.9 Å². The van der Waals surface area contributed by atoms with E-state index in [1.54, 1.807) is 0 Å². The molecule has 2 nitrogen and oxygen atoms in total. The van der Waals surface area contributed by atoms with Gasteiger partial charge in [-0.25, -0.2) is 0 Å². The van der Waals surface area contributed by atoms with Crippen LogP contribution in [-0.4, -0.2) is 25.6 Å². The molecule has 0 aliphatic heterocycles. The molecule has 0 fully saturated rings. The Hall–Kier alpha value is -0.570. The monoisotopic (exact) mass is 227 g/mol. The van der Waals surface area contributed by atoms with Gasteiger partial charge in [-0.15, -0.1) is 11.6 Å². The highest BCUT2D eigenvalue weighted by Gasteiger charge is 2.07. The van der Waals surface area contributed by atoms with Gasteiger partial charge in [-0.05, 0) is 12.5 Å². The van der Waals surface area contributed by atoms with Crippen molar-refractivity contribution < 1.29 is 4.74 Å². The van der Waals surface area contributed by atoms with Crippen LogP contribution in [0.1, 0.15) is 18.5 Å². The summed E-state index contributed by atoms with van der Waals surface area (Å²) in [4.78, 5) is 0. The number of benzene rings is 1. The third kappa shape index (κ3) is 4.65. The standard InChI is InChI=1S/C12H18ClNO/c1-2-15-9-8-14-12(10-13)11-6-4-3-5-7-11/h3-7,12,14H,2,8-10H2,1H3. The van der Waals surface area contributed by atoms with Crippen LogP contribution in [0, 0.1) is 0 Å². The quantitative estimate of drug-likeness (QED) is 0.571. The molecule has 1 aromatic rings. The van der Waals surface area contributed by atoms with Crippen LogP contribution >= 0.6 is 11.6 Å². The van der Waals surface area contributed by atoms with Crippen LogP contribution < -0.4 is 5.32 Å². The van der Waals surface area contributed by atoms with E-state index in [0.29, 0.717) is 5.88 Å². The summed E-state index contributed by atoms with van der Waals surface area (Å²) in [7, 11) is 0. The van der Waals surface area contributed by atoms with Crippen LogP contribution in [0.3, 0.4) is 0 Å². The first-order valence-electron chi connectivity index (χ1n) is 5.30. The van der Waals surface area contributed by atoms with Crippen molar-refractivity contribution in [3.63, 3.8) is 0 Å². The molecule has 0 bridgehead atoms. The molecule has 0 amide bonds. The van der Waals surface area contributed by atoms with Crippen molar-refractivity contribution in [2.45, 2.75) is 13.0 Å². The molecule has 84 valence electrons. The van der Waals surface area contributed by atoms with Gasteiger partial charge in [0, 0.05) is 25.1 Å². The number of nitrogens with one attached hydrogen (secondary N) is 1. The van der Waals surface area contributed by atoms with Crippen molar-refractivity contribution in [1.29, 1.82) is 0 Å². The van der Waals surface area contributed by atoms with Crippen LogP contribution in [0.2, 0.25) is 0 Å². The first-order valence-corrected chi connectivity index (χ1v) is 5.84. The Morgan fingerprint density at radius 2 is 2.07 bits per heavy atom. The van der Waals surface area contributed by atoms with Crippen LogP contribution in [0.15, 0.2) is 30.3 Å². The zero-order chi connectivity index (χ0) is 10.9. The average Bonchev–Trinajstić information content (AvgIpc) is 2.30. The third-order valence-electron chi connectivity index (χ3n) is 2.20. The molecule has 1 N–H and O–H groups in total. The molecule has 1 aromatic carbocycles. The summed E-state index contributed by atoms with van der Waals surface area (Å²) in [5, 5.41) is 3.36. The Bertz CT molecular complexity index is 253. The summed E-state index contributed by atoms with van der Waals surface area (Å²) in [5.74, 6) is 0.580. The smallest absolute Gasteiger partial charge is 0.0590 e. The number of hydrogen-bond donors (Lipinski definition) is 1. The molecule has 0 saturated carbocycles. The second-order valence-corrected chi connectivity index (χ2v) is 3.58. The lowest BCUT2D eigenvalue weighted by Gasteiger charge is -2.16. The van der Waals surface area contributed by atoms with E-state index in [0.717, 1.165) is 19.8 Å². The second kappa shape index (κ2) is 7.69. The van der Waals surface area contributed by atoms with Crippen molar-refractivity contribution in [2.24, 2.45) is 0 Å². The van der Waals surface area contributed by atoms with Crippen LogP contribution in [-0.2, 0) is 4.74 Å². The molecule has 0 aromatic heterocycles. The lowest BCUT2D eigenvalue weighted by molar-refractivity contribution is 0.147. The van der Waals surface area contributed by atoms with Crippen molar-refractivity contribution in [1.82, 2.24) is 5.32 Å². The molecule has 1 rings (SSSR count). The van der Waals surface area contributed by atoms with E-state index in [1.165, 1.54) is 5.56 Å². The number of halogens is 1. The number of hydrogen-bond acceptors (Lipinski definition) is 2. The van der Waals surface area contributed by atoms with E-state index in [2.05, 4.69) is 17.4 Å². The summed E-state index contributed by atoms with van der Waals surface area (Å²) in [6.45, 7) is 4.33. The van der Waals surface area contributed by atoms with E-state index >= 15 is 0 Å². The van der Waals surface area contributed by atoms with Gasteiger partial charge in [0.2, 0.25) is 0 Å². The second-order valence-electron chi connectivity index (χ2n) is 3.27. The normalized spacial score (nSPS) is 12.7. The third-order valence-corrected chi connectivity index (χ3v) is 2.51. The number of alkyl halides is 1. The SMILES string of the molecule is CCOCCNC(CCl)c1ccccc1. The van der Waals surface area contributed by atoms with E-state index in [1.807, 2.05) is 25.1 Å². The van der Waals surface area contributed by atoms with Crippen LogP contribution in [0.4, 0.5) is 0 Å². The van der Waals surface area contributed by atoms with E-state index < -0.39 is 0 Å². The minimum Gasteiger partial charge on any atom is -0.380 e. The fraction of sp³-hybridized carbons (Fsp3) is 0.500. The zero-order valence-corrected chi connectivity index (χ0v) is 9.83. The molecule has 0 saturated heterocycles. The predicted molar refractivity (Wildman–Crippen MR) is 64.4 cm³/mol. The Kier molecular flexibility index (Phi) is 6.41. The average molecular weight is 228 g/mol. The van der Waals surface area contributed by atoms with Gasteiger partial charge in [0.25, 0.3) is 0 Å². The molecular formula is C12H18ClNO. The topological polar surface area (TPSA) is 21.3 Å². The van der Waals surface area contributed by atoms with Gasteiger partial charge in [-0.3, -0.25) is 0 Å². The van der Waals surface area contributed by atoms with Gasteiger partial charge < -0.3 is 10.1 Å². The van der Waals surface area contributed by atoms with Gasteiger partial charge in [0.15, 0.2) is 0 Å². The van der Waals surface area contributed by atoms with Gasteiger partial charge in [0.05, 0.1) is 6.61 Å². The molecule has 3 heteroatoms. The first-order chi connectivity index (χ1) is 7.38. The molecule has 0 radical (unpaired) electrons. The Labute approximate surface area is 96.6 Å². The van der Waals surface area contributed by atoms with Crippen molar-refractivity contribution >= 4 is 11.6 Å². The summed E-state index contributed by atoms with van der Waals surface area (Å²) >= 11 is 5.91. The molecular weight excluding hydrogens is 210 g/mol.